The SMILES string of the molecule is CCOC(=O)CCc1ccc(Sc2c(F)c(F)nc(F)c2F)cc1. The van der Waals surface area contributed by atoms with Gasteiger partial charge < -0.3 is 4.74 Å². The van der Waals surface area contributed by atoms with Crippen LogP contribution in [-0.2, 0) is 16.0 Å². The van der Waals surface area contributed by atoms with Crippen molar-refractivity contribution in [3.8, 4) is 0 Å². The third kappa shape index (κ3) is 4.47. The first kappa shape index (κ1) is 18.3. The van der Waals surface area contributed by atoms with Gasteiger partial charge in [0.1, 0.15) is 0 Å². The van der Waals surface area contributed by atoms with Crippen molar-refractivity contribution in [1.29, 1.82) is 0 Å². The molecule has 0 fully saturated rings. The molecular weight excluding hydrogens is 346 g/mol. The van der Waals surface area contributed by atoms with E-state index in [0.29, 0.717) is 29.7 Å². The Labute approximate surface area is 140 Å². The van der Waals surface area contributed by atoms with E-state index >= 15 is 0 Å². The Morgan fingerprint density at radius 3 is 2.21 bits per heavy atom. The quantitative estimate of drug-likeness (QED) is 0.438. The predicted octanol–water partition coefficient (Wildman–Crippen LogP) is 4.28. The molecule has 0 aliphatic rings. The molecule has 128 valence electrons. The monoisotopic (exact) mass is 359 g/mol. The van der Waals surface area contributed by atoms with E-state index in [0.717, 1.165) is 5.56 Å². The van der Waals surface area contributed by atoms with Gasteiger partial charge in [-0.1, -0.05) is 23.9 Å². The molecule has 0 aliphatic carbocycles. The molecule has 2 aromatic rings. The fraction of sp³-hybridized carbons (Fsp3) is 0.250. The third-order valence-electron chi connectivity index (χ3n) is 3.02. The number of pyridine rings is 1. The zero-order chi connectivity index (χ0) is 17.7. The van der Waals surface area contributed by atoms with Gasteiger partial charge in [0.15, 0.2) is 11.6 Å². The average molecular weight is 359 g/mol. The zero-order valence-electron chi connectivity index (χ0n) is 12.6. The van der Waals surface area contributed by atoms with Crippen LogP contribution in [0.3, 0.4) is 0 Å². The number of carbonyl (C=O) groups excluding carboxylic acids is 1. The minimum Gasteiger partial charge on any atom is -0.466 e. The number of aryl methyl sites for hydroxylation is 1. The molecule has 0 spiro atoms. The Balaban J connectivity index is 2.09. The van der Waals surface area contributed by atoms with E-state index in [9.17, 15) is 22.4 Å². The normalized spacial score (nSPS) is 10.7. The highest BCUT2D eigenvalue weighted by atomic mass is 32.2. The first-order valence-corrected chi connectivity index (χ1v) is 7.86. The fourth-order valence-electron chi connectivity index (χ4n) is 1.88. The molecule has 0 unspecified atom stereocenters. The van der Waals surface area contributed by atoms with Crippen molar-refractivity contribution in [1.82, 2.24) is 4.98 Å². The minimum atomic E-state index is -1.69. The van der Waals surface area contributed by atoms with Gasteiger partial charge in [0.2, 0.25) is 0 Å². The average Bonchev–Trinajstić information content (AvgIpc) is 2.56. The maximum Gasteiger partial charge on any atom is 0.306 e. The van der Waals surface area contributed by atoms with Crippen LogP contribution in [0.15, 0.2) is 34.1 Å². The molecular formula is C16H13F4NO2S. The highest BCUT2D eigenvalue weighted by Gasteiger charge is 2.21. The molecule has 0 amide bonds. The summed E-state index contributed by atoms with van der Waals surface area (Å²) in [5.74, 6) is -6.77. The van der Waals surface area contributed by atoms with Gasteiger partial charge in [0, 0.05) is 11.3 Å². The summed E-state index contributed by atoms with van der Waals surface area (Å²) in [7, 11) is 0. The van der Waals surface area contributed by atoms with Crippen LogP contribution in [0.25, 0.3) is 0 Å². The van der Waals surface area contributed by atoms with E-state index in [1.165, 1.54) is 0 Å². The molecule has 0 saturated heterocycles. The maximum absolute atomic E-state index is 13.6. The highest BCUT2D eigenvalue weighted by Crippen LogP contribution is 2.33. The topological polar surface area (TPSA) is 39.2 Å². The van der Waals surface area contributed by atoms with Crippen LogP contribution in [0.4, 0.5) is 17.6 Å². The smallest absolute Gasteiger partial charge is 0.306 e. The number of nitrogens with zero attached hydrogens (tertiary/aromatic N) is 1. The summed E-state index contributed by atoms with van der Waals surface area (Å²) >= 11 is 0.549. The minimum absolute atomic E-state index is 0.213. The van der Waals surface area contributed by atoms with Crippen molar-refractivity contribution in [2.45, 2.75) is 29.6 Å². The largest absolute Gasteiger partial charge is 0.466 e. The van der Waals surface area contributed by atoms with Crippen LogP contribution in [0.2, 0.25) is 0 Å². The standard InChI is InChI=1S/C16H13F4NO2S/c1-2-23-11(22)8-5-9-3-6-10(7-4-9)24-14-12(17)15(19)21-16(20)13(14)18/h3-4,6-7H,2,5,8H2,1H3. The number of hydrogen-bond acceptors (Lipinski definition) is 4. The van der Waals surface area contributed by atoms with Crippen molar-refractivity contribution in [2.75, 3.05) is 6.61 Å². The third-order valence-corrected chi connectivity index (χ3v) is 4.09. The van der Waals surface area contributed by atoms with Gasteiger partial charge in [-0.05, 0) is 31.0 Å². The van der Waals surface area contributed by atoms with E-state index in [1.54, 1.807) is 31.2 Å². The molecule has 2 rings (SSSR count). The molecule has 1 aromatic carbocycles. The van der Waals surface area contributed by atoms with Crippen molar-refractivity contribution >= 4 is 17.7 Å². The molecule has 24 heavy (non-hydrogen) atoms. The molecule has 8 heteroatoms. The van der Waals surface area contributed by atoms with Crippen molar-refractivity contribution in [3.05, 3.63) is 53.4 Å². The summed E-state index contributed by atoms with van der Waals surface area (Å²) in [6.07, 6.45) is 0.662. The van der Waals surface area contributed by atoms with Gasteiger partial charge >= 0.3 is 5.97 Å². The number of benzene rings is 1. The number of rotatable bonds is 6. The Morgan fingerprint density at radius 2 is 1.67 bits per heavy atom. The summed E-state index contributed by atoms with van der Waals surface area (Å²) in [4.78, 5) is 13.4. The van der Waals surface area contributed by atoms with Gasteiger partial charge in [-0.25, -0.2) is 8.78 Å². The van der Waals surface area contributed by atoms with Gasteiger partial charge in [-0.3, -0.25) is 4.79 Å². The number of carbonyl (C=O) groups is 1. The Kier molecular flexibility index (Phi) is 6.19. The zero-order valence-corrected chi connectivity index (χ0v) is 13.4. The van der Waals surface area contributed by atoms with E-state index in [2.05, 4.69) is 4.98 Å². The van der Waals surface area contributed by atoms with E-state index in [4.69, 9.17) is 4.74 Å². The molecule has 0 bridgehead atoms. The first-order chi connectivity index (χ1) is 11.4. The first-order valence-electron chi connectivity index (χ1n) is 7.04. The maximum atomic E-state index is 13.6. The van der Waals surface area contributed by atoms with Gasteiger partial charge in [-0.2, -0.15) is 13.8 Å². The second kappa shape index (κ2) is 8.14. The molecule has 3 nitrogen and oxygen atoms in total. The lowest BCUT2D eigenvalue weighted by Gasteiger charge is -2.07. The number of aromatic nitrogens is 1. The van der Waals surface area contributed by atoms with Crippen LogP contribution in [-0.4, -0.2) is 17.6 Å². The van der Waals surface area contributed by atoms with E-state index in [-0.39, 0.29) is 12.4 Å². The molecule has 0 aliphatic heterocycles. The predicted molar refractivity (Wildman–Crippen MR) is 79.6 cm³/mol. The van der Waals surface area contributed by atoms with E-state index < -0.39 is 28.4 Å². The lowest BCUT2D eigenvalue weighted by atomic mass is 10.1. The van der Waals surface area contributed by atoms with Crippen LogP contribution in [0, 0.1) is 23.5 Å². The van der Waals surface area contributed by atoms with Crippen LogP contribution < -0.4 is 0 Å². The Hall–Kier alpha value is -2.09. The molecule has 1 aromatic heterocycles. The number of esters is 1. The van der Waals surface area contributed by atoms with Gasteiger partial charge in [0.05, 0.1) is 11.5 Å². The molecule has 0 atom stereocenters. The Morgan fingerprint density at radius 1 is 1.08 bits per heavy atom. The van der Waals surface area contributed by atoms with Crippen molar-refractivity contribution in [2.24, 2.45) is 0 Å². The second-order valence-corrected chi connectivity index (χ2v) is 5.79. The number of halogens is 4. The lowest BCUT2D eigenvalue weighted by molar-refractivity contribution is -0.143. The molecule has 1 heterocycles. The fourth-order valence-corrected chi connectivity index (χ4v) is 2.73. The highest BCUT2D eigenvalue weighted by molar-refractivity contribution is 7.99. The van der Waals surface area contributed by atoms with Gasteiger partial charge in [-0.15, -0.1) is 0 Å². The summed E-state index contributed by atoms with van der Waals surface area (Å²) in [6.45, 7) is 2.03. The summed E-state index contributed by atoms with van der Waals surface area (Å²) in [5.41, 5.74) is 0.820. The second-order valence-electron chi connectivity index (χ2n) is 4.70. The summed E-state index contributed by atoms with van der Waals surface area (Å²) in [6, 6.07) is 6.40. The van der Waals surface area contributed by atoms with E-state index in [1.807, 2.05) is 0 Å². The molecule has 0 saturated carbocycles. The van der Waals surface area contributed by atoms with Crippen LogP contribution >= 0.6 is 11.8 Å². The number of hydrogen-bond donors (Lipinski definition) is 0. The van der Waals surface area contributed by atoms with Crippen molar-refractivity contribution in [3.63, 3.8) is 0 Å². The molecule has 0 radical (unpaired) electrons. The van der Waals surface area contributed by atoms with Crippen molar-refractivity contribution < 1.29 is 27.1 Å². The summed E-state index contributed by atoms with van der Waals surface area (Å²) in [5, 5.41) is 0. The Bertz CT molecular complexity index is 712. The van der Waals surface area contributed by atoms with Crippen LogP contribution in [0.1, 0.15) is 18.9 Å². The van der Waals surface area contributed by atoms with Crippen LogP contribution in [0.5, 0.6) is 0 Å². The number of ether oxygens (including phenoxy) is 1. The summed E-state index contributed by atoms with van der Waals surface area (Å²) < 4.78 is 58.1. The molecule has 0 N–H and O–H groups in total. The van der Waals surface area contributed by atoms with Gasteiger partial charge in [0.25, 0.3) is 11.9 Å². The lowest BCUT2D eigenvalue weighted by Crippen LogP contribution is -2.05.